The van der Waals surface area contributed by atoms with Gasteiger partial charge in [0.15, 0.2) is 4.96 Å². The first kappa shape index (κ1) is 18.1. The monoisotopic (exact) mass is 421 g/mol. The lowest BCUT2D eigenvalue weighted by molar-refractivity contribution is 0.836. The predicted octanol–water partition coefficient (Wildman–Crippen LogP) is 4.77. The van der Waals surface area contributed by atoms with E-state index in [1.807, 2.05) is 36.4 Å². The van der Waals surface area contributed by atoms with Gasteiger partial charge < -0.3 is 4.57 Å². The summed E-state index contributed by atoms with van der Waals surface area (Å²) < 4.78 is 4.67. The Kier molecular flexibility index (Phi) is 4.04. The molecule has 0 aliphatic carbocycles. The first-order chi connectivity index (χ1) is 15.2. The van der Waals surface area contributed by atoms with Crippen LogP contribution in [-0.4, -0.2) is 14.0 Å². The van der Waals surface area contributed by atoms with Gasteiger partial charge in [-0.3, -0.25) is 4.79 Å². The van der Waals surface area contributed by atoms with Crippen LogP contribution in [-0.2, 0) is 6.54 Å². The van der Waals surface area contributed by atoms with E-state index in [-0.39, 0.29) is 5.56 Å². The lowest BCUT2D eigenvalue weighted by Gasteiger charge is -2.06. The zero-order valence-corrected chi connectivity index (χ0v) is 17.8. The number of nitrogens with zero attached hydrogens (tertiary/aromatic N) is 3. The number of hydrogen-bond donors (Lipinski definition) is 0. The molecule has 0 unspecified atom stereocenters. The van der Waals surface area contributed by atoms with E-state index in [4.69, 9.17) is 0 Å². The fourth-order valence-electron chi connectivity index (χ4n) is 4.16. The van der Waals surface area contributed by atoms with Crippen molar-refractivity contribution in [2.24, 2.45) is 0 Å². The van der Waals surface area contributed by atoms with Gasteiger partial charge in [-0.2, -0.15) is 0 Å². The van der Waals surface area contributed by atoms with E-state index in [1.165, 1.54) is 22.5 Å². The maximum absolute atomic E-state index is 13.2. The van der Waals surface area contributed by atoms with Gasteiger partial charge in [-0.1, -0.05) is 71.5 Å². The largest absolute Gasteiger partial charge is 0.342 e. The molecule has 0 aliphatic heterocycles. The van der Waals surface area contributed by atoms with Crippen molar-refractivity contribution >= 4 is 44.3 Å². The summed E-state index contributed by atoms with van der Waals surface area (Å²) in [5.41, 5.74) is 6.43. The minimum atomic E-state index is -0.0101. The van der Waals surface area contributed by atoms with Gasteiger partial charge in [-0.05, 0) is 36.8 Å². The third-order valence-electron chi connectivity index (χ3n) is 5.72. The molecule has 0 saturated heterocycles. The molecule has 6 rings (SSSR count). The Morgan fingerprint density at radius 2 is 1.68 bits per heavy atom. The summed E-state index contributed by atoms with van der Waals surface area (Å²) in [6, 6.07) is 24.7. The standard InChI is InChI=1S/C26H19N3OS/c1-17-10-12-18(13-11-17)15-28-16-19(20-6-2-4-8-22(20)28)14-24-25(30)29-23-9-5-3-7-21(23)27-26(29)31-24/h2-14,16H,15H2,1H3/b24-14-. The molecule has 5 heteroatoms. The van der Waals surface area contributed by atoms with E-state index in [1.54, 1.807) is 4.40 Å². The van der Waals surface area contributed by atoms with Gasteiger partial charge in [0.05, 0.1) is 15.6 Å². The molecule has 0 spiro atoms. The highest BCUT2D eigenvalue weighted by Gasteiger charge is 2.12. The van der Waals surface area contributed by atoms with Crippen LogP contribution in [0.15, 0.2) is 83.8 Å². The topological polar surface area (TPSA) is 39.3 Å². The van der Waals surface area contributed by atoms with Crippen LogP contribution >= 0.6 is 11.3 Å². The normalized spacial score (nSPS) is 12.5. The van der Waals surface area contributed by atoms with Crippen molar-refractivity contribution in [3.63, 3.8) is 0 Å². The molecule has 6 aromatic rings. The second-order valence-corrected chi connectivity index (χ2v) is 8.86. The Morgan fingerprint density at radius 1 is 0.935 bits per heavy atom. The van der Waals surface area contributed by atoms with Crippen LogP contribution in [0, 0.1) is 6.92 Å². The van der Waals surface area contributed by atoms with Gasteiger partial charge in [0.1, 0.15) is 0 Å². The number of hydrogen-bond acceptors (Lipinski definition) is 3. The maximum Gasteiger partial charge on any atom is 0.274 e. The van der Waals surface area contributed by atoms with Crippen LogP contribution in [0.4, 0.5) is 0 Å². The third-order valence-corrected chi connectivity index (χ3v) is 6.69. The number of fused-ring (bicyclic) bond motifs is 4. The Bertz CT molecular complexity index is 1690. The molecule has 3 aromatic carbocycles. The Morgan fingerprint density at radius 3 is 2.52 bits per heavy atom. The minimum Gasteiger partial charge on any atom is -0.342 e. The summed E-state index contributed by atoms with van der Waals surface area (Å²) in [4.78, 5) is 18.5. The van der Waals surface area contributed by atoms with Gasteiger partial charge in [0, 0.05) is 29.2 Å². The summed E-state index contributed by atoms with van der Waals surface area (Å²) in [5.74, 6) is 0. The van der Waals surface area contributed by atoms with E-state index < -0.39 is 0 Å². The summed E-state index contributed by atoms with van der Waals surface area (Å²) in [6.45, 7) is 2.89. The fraction of sp³-hybridized carbons (Fsp3) is 0.0769. The SMILES string of the molecule is Cc1ccc(Cn2cc(/C=c3\sc4nc5ccccc5n4c3=O)c3ccccc32)cc1. The number of imidazole rings is 1. The lowest BCUT2D eigenvalue weighted by Crippen LogP contribution is -2.22. The van der Waals surface area contributed by atoms with Crippen molar-refractivity contribution in [1.82, 2.24) is 14.0 Å². The molecule has 0 amide bonds. The van der Waals surface area contributed by atoms with Crippen LogP contribution in [0.1, 0.15) is 16.7 Å². The molecule has 150 valence electrons. The number of para-hydroxylation sites is 3. The molecule has 31 heavy (non-hydrogen) atoms. The Labute approximate surface area is 182 Å². The summed E-state index contributed by atoms with van der Waals surface area (Å²) >= 11 is 1.44. The molecule has 0 N–H and O–H groups in total. The smallest absolute Gasteiger partial charge is 0.274 e. The first-order valence-corrected chi connectivity index (χ1v) is 11.0. The van der Waals surface area contributed by atoms with E-state index in [0.717, 1.165) is 39.0 Å². The molecular weight excluding hydrogens is 402 g/mol. The van der Waals surface area contributed by atoms with Crippen LogP contribution in [0.3, 0.4) is 0 Å². The number of thiazole rings is 1. The molecule has 3 aromatic heterocycles. The molecule has 4 nitrogen and oxygen atoms in total. The average Bonchev–Trinajstić information content (AvgIpc) is 3.42. The lowest BCUT2D eigenvalue weighted by atomic mass is 10.1. The second kappa shape index (κ2) is 6.93. The maximum atomic E-state index is 13.2. The number of benzene rings is 3. The van der Waals surface area contributed by atoms with Gasteiger partial charge in [-0.15, -0.1) is 0 Å². The highest BCUT2D eigenvalue weighted by Crippen LogP contribution is 2.23. The van der Waals surface area contributed by atoms with Gasteiger partial charge >= 0.3 is 0 Å². The highest BCUT2D eigenvalue weighted by molar-refractivity contribution is 7.15. The molecule has 0 saturated carbocycles. The van der Waals surface area contributed by atoms with E-state index in [9.17, 15) is 4.79 Å². The molecular formula is C26H19N3OS. The van der Waals surface area contributed by atoms with E-state index in [2.05, 4.69) is 65.1 Å². The predicted molar refractivity (Wildman–Crippen MR) is 128 cm³/mol. The number of aryl methyl sites for hydroxylation is 1. The van der Waals surface area contributed by atoms with Crippen molar-refractivity contribution in [2.75, 3.05) is 0 Å². The van der Waals surface area contributed by atoms with Crippen LogP contribution in [0.2, 0.25) is 0 Å². The van der Waals surface area contributed by atoms with E-state index in [0.29, 0.717) is 4.53 Å². The third kappa shape index (κ3) is 2.97. The summed E-state index contributed by atoms with van der Waals surface area (Å²) in [7, 11) is 0. The fourth-order valence-corrected chi connectivity index (χ4v) is 5.14. The highest BCUT2D eigenvalue weighted by atomic mass is 32.1. The molecule has 0 radical (unpaired) electrons. The molecule has 0 fully saturated rings. The second-order valence-electron chi connectivity index (χ2n) is 7.85. The van der Waals surface area contributed by atoms with Crippen LogP contribution < -0.4 is 10.1 Å². The van der Waals surface area contributed by atoms with Crippen molar-refractivity contribution in [2.45, 2.75) is 13.5 Å². The van der Waals surface area contributed by atoms with Gasteiger partial charge in [0.2, 0.25) is 0 Å². The van der Waals surface area contributed by atoms with Crippen LogP contribution in [0.25, 0.3) is 33.0 Å². The van der Waals surface area contributed by atoms with Gasteiger partial charge in [0.25, 0.3) is 5.56 Å². The zero-order valence-electron chi connectivity index (χ0n) is 16.9. The molecule has 3 heterocycles. The average molecular weight is 422 g/mol. The summed E-state index contributed by atoms with van der Waals surface area (Å²) in [6.07, 6.45) is 4.15. The molecule has 0 atom stereocenters. The van der Waals surface area contributed by atoms with E-state index >= 15 is 0 Å². The first-order valence-electron chi connectivity index (χ1n) is 10.2. The molecule has 0 bridgehead atoms. The zero-order chi connectivity index (χ0) is 20.9. The van der Waals surface area contributed by atoms with Gasteiger partial charge in [-0.25, -0.2) is 9.38 Å². The van der Waals surface area contributed by atoms with Crippen LogP contribution in [0.5, 0.6) is 0 Å². The summed E-state index contributed by atoms with van der Waals surface area (Å²) in [5, 5.41) is 1.14. The van der Waals surface area contributed by atoms with Crippen molar-refractivity contribution < 1.29 is 0 Å². The van der Waals surface area contributed by atoms with Crippen molar-refractivity contribution in [3.05, 3.63) is 111 Å². The molecule has 0 aliphatic rings. The number of aromatic nitrogens is 3. The van der Waals surface area contributed by atoms with Crippen molar-refractivity contribution in [3.8, 4) is 0 Å². The number of rotatable bonds is 3. The minimum absolute atomic E-state index is 0.0101. The quantitative estimate of drug-likeness (QED) is 0.413. The Hall–Kier alpha value is -3.70. The van der Waals surface area contributed by atoms with Crippen molar-refractivity contribution in [1.29, 1.82) is 0 Å². The Balaban J connectivity index is 1.52.